The molecule has 7 heteroatoms. The summed E-state index contributed by atoms with van der Waals surface area (Å²) < 4.78 is 6.39. The van der Waals surface area contributed by atoms with Gasteiger partial charge >= 0.3 is 0 Å². The van der Waals surface area contributed by atoms with Crippen molar-refractivity contribution in [1.29, 1.82) is 0 Å². The average molecular weight is 506 g/mol. The number of ether oxygens (including phenoxy) is 1. The van der Waals surface area contributed by atoms with Gasteiger partial charge in [-0.25, -0.2) is 4.98 Å². The van der Waals surface area contributed by atoms with Crippen LogP contribution in [0.3, 0.4) is 0 Å². The van der Waals surface area contributed by atoms with E-state index in [4.69, 9.17) is 21.3 Å². The average Bonchev–Trinajstić information content (AvgIpc) is 3.36. The summed E-state index contributed by atoms with van der Waals surface area (Å²) in [7, 11) is 0. The number of morpholine rings is 1. The van der Waals surface area contributed by atoms with Crippen LogP contribution in [0, 0.1) is 6.92 Å². The minimum absolute atomic E-state index is 0.0422. The molecule has 0 atom stereocenters. The highest BCUT2D eigenvalue weighted by atomic mass is 35.5. The first kappa shape index (κ1) is 23.9. The molecule has 1 saturated heterocycles. The van der Waals surface area contributed by atoms with Gasteiger partial charge in [0.1, 0.15) is 0 Å². The molecule has 1 fully saturated rings. The summed E-state index contributed by atoms with van der Waals surface area (Å²) in [4.78, 5) is 22.8. The molecule has 1 amide bonds. The van der Waals surface area contributed by atoms with E-state index in [-0.39, 0.29) is 5.91 Å². The van der Waals surface area contributed by atoms with Crippen molar-refractivity contribution in [3.05, 3.63) is 82.9 Å². The lowest BCUT2D eigenvalue weighted by atomic mass is 10.0. The van der Waals surface area contributed by atoms with Crippen molar-refractivity contribution < 1.29 is 9.53 Å². The highest BCUT2D eigenvalue weighted by Crippen LogP contribution is 2.36. The van der Waals surface area contributed by atoms with Crippen molar-refractivity contribution in [1.82, 2.24) is 9.88 Å². The highest BCUT2D eigenvalue weighted by Gasteiger charge is 2.23. The van der Waals surface area contributed by atoms with Crippen LogP contribution in [-0.4, -0.2) is 55.2 Å². The van der Waals surface area contributed by atoms with Crippen LogP contribution in [0.4, 0.5) is 5.13 Å². The van der Waals surface area contributed by atoms with Crippen LogP contribution in [0.15, 0.2) is 66.7 Å². The number of benzene rings is 3. The Morgan fingerprint density at radius 3 is 2.46 bits per heavy atom. The monoisotopic (exact) mass is 505 g/mol. The molecule has 180 valence electrons. The van der Waals surface area contributed by atoms with Crippen LogP contribution in [0.25, 0.3) is 21.3 Å². The topological polar surface area (TPSA) is 45.7 Å². The van der Waals surface area contributed by atoms with Crippen LogP contribution in [0.2, 0.25) is 5.02 Å². The molecule has 3 aromatic carbocycles. The van der Waals surface area contributed by atoms with E-state index >= 15 is 0 Å². The first-order valence-corrected chi connectivity index (χ1v) is 13.1. The van der Waals surface area contributed by atoms with Gasteiger partial charge in [0.25, 0.3) is 5.91 Å². The van der Waals surface area contributed by atoms with Crippen molar-refractivity contribution in [2.45, 2.75) is 13.3 Å². The fourth-order valence-corrected chi connectivity index (χ4v) is 5.70. The second-order valence-electron chi connectivity index (χ2n) is 8.75. The number of aromatic nitrogens is 1. The van der Waals surface area contributed by atoms with Gasteiger partial charge in [0.15, 0.2) is 5.13 Å². The molecule has 1 aliphatic heterocycles. The van der Waals surface area contributed by atoms with E-state index in [1.165, 1.54) is 11.3 Å². The van der Waals surface area contributed by atoms with Crippen molar-refractivity contribution in [3.8, 4) is 11.1 Å². The van der Waals surface area contributed by atoms with Crippen molar-refractivity contribution in [3.63, 3.8) is 0 Å². The minimum Gasteiger partial charge on any atom is -0.379 e. The number of carbonyl (C=O) groups excluding carboxylic acids is 1. The van der Waals surface area contributed by atoms with Crippen LogP contribution < -0.4 is 4.90 Å². The number of halogens is 1. The SMILES string of the molecule is Cc1ccc(Cl)c2sc(N(CCCN3CCOCC3)C(=O)c3ccc(-c4ccccc4)cc3)nc12. The molecule has 0 saturated carbocycles. The third-order valence-corrected chi connectivity index (χ3v) is 7.90. The molecule has 0 unspecified atom stereocenters. The number of hydrogen-bond acceptors (Lipinski definition) is 5. The normalized spacial score (nSPS) is 14.3. The summed E-state index contributed by atoms with van der Waals surface area (Å²) in [6.07, 6.45) is 0.858. The lowest BCUT2D eigenvalue weighted by Gasteiger charge is -2.27. The Kier molecular flexibility index (Phi) is 7.44. The Bertz CT molecular complexity index is 1260. The number of fused-ring (bicyclic) bond motifs is 1. The van der Waals surface area contributed by atoms with Crippen molar-refractivity contribution in [2.24, 2.45) is 0 Å². The molecule has 5 rings (SSSR count). The Morgan fingerprint density at radius 1 is 1.03 bits per heavy atom. The summed E-state index contributed by atoms with van der Waals surface area (Å²) >= 11 is 7.96. The molecule has 0 aliphatic carbocycles. The van der Waals surface area contributed by atoms with E-state index in [0.717, 1.165) is 66.2 Å². The standard InChI is InChI=1S/C28H28ClN3O2S/c1-20-8-13-24(29)26-25(20)30-28(35-26)32(15-5-14-31-16-18-34-19-17-31)27(33)23-11-9-22(10-12-23)21-6-3-2-4-7-21/h2-4,6-13H,5,14-19H2,1H3. The molecule has 2 heterocycles. The summed E-state index contributed by atoms with van der Waals surface area (Å²) in [6.45, 7) is 6.95. The van der Waals surface area contributed by atoms with E-state index in [0.29, 0.717) is 22.3 Å². The quantitative estimate of drug-likeness (QED) is 0.296. The number of amides is 1. The summed E-state index contributed by atoms with van der Waals surface area (Å²) in [5.74, 6) is -0.0422. The molecule has 0 radical (unpaired) electrons. The predicted octanol–water partition coefficient (Wildman–Crippen LogP) is 6.29. The molecule has 0 spiro atoms. The first-order chi connectivity index (χ1) is 17.1. The fraction of sp³-hybridized carbons (Fsp3) is 0.286. The number of anilines is 1. The largest absolute Gasteiger partial charge is 0.379 e. The number of nitrogens with zero attached hydrogens (tertiary/aromatic N) is 3. The van der Waals surface area contributed by atoms with Crippen molar-refractivity contribution >= 4 is 44.2 Å². The summed E-state index contributed by atoms with van der Waals surface area (Å²) in [5.41, 5.74) is 4.79. The molecule has 0 bridgehead atoms. The Balaban J connectivity index is 1.41. The van der Waals surface area contributed by atoms with Gasteiger partial charge < -0.3 is 4.74 Å². The third-order valence-electron chi connectivity index (χ3n) is 6.36. The first-order valence-electron chi connectivity index (χ1n) is 11.9. The maximum atomic E-state index is 13.7. The highest BCUT2D eigenvalue weighted by molar-refractivity contribution is 7.23. The maximum Gasteiger partial charge on any atom is 0.260 e. The van der Waals surface area contributed by atoms with Gasteiger partial charge in [-0.2, -0.15) is 0 Å². The number of aryl methyl sites for hydroxylation is 1. The van der Waals surface area contributed by atoms with Gasteiger partial charge in [-0.05, 0) is 48.2 Å². The lowest BCUT2D eigenvalue weighted by molar-refractivity contribution is 0.0376. The van der Waals surface area contributed by atoms with Gasteiger partial charge in [0, 0.05) is 31.7 Å². The molecule has 5 nitrogen and oxygen atoms in total. The molecule has 0 N–H and O–H groups in total. The molecule has 35 heavy (non-hydrogen) atoms. The van der Waals surface area contributed by atoms with Crippen LogP contribution in [-0.2, 0) is 4.74 Å². The van der Waals surface area contributed by atoms with E-state index in [2.05, 4.69) is 17.0 Å². The fourth-order valence-electron chi connectivity index (χ4n) is 4.36. The van der Waals surface area contributed by atoms with Gasteiger partial charge in [-0.1, -0.05) is 71.5 Å². The smallest absolute Gasteiger partial charge is 0.260 e. The Hall–Kier alpha value is -2.77. The van der Waals surface area contributed by atoms with Crippen LogP contribution >= 0.6 is 22.9 Å². The molecular formula is C28H28ClN3O2S. The lowest BCUT2D eigenvalue weighted by Crippen LogP contribution is -2.39. The van der Waals surface area contributed by atoms with Gasteiger partial charge in [0.05, 0.1) is 28.5 Å². The van der Waals surface area contributed by atoms with Gasteiger partial charge in [-0.15, -0.1) is 0 Å². The Labute approximate surface area is 214 Å². The molecule has 4 aromatic rings. The molecule has 1 aliphatic rings. The minimum atomic E-state index is -0.0422. The van der Waals surface area contributed by atoms with Crippen LogP contribution in [0.1, 0.15) is 22.3 Å². The van der Waals surface area contributed by atoms with Crippen LogP contribution in [0.5, 0.6) is 0 Å². The number of hydrogen-bond donors (Lipinski definition) is 0. The van der Waals surface area contributed by atoms with E-state index in [1.54, 1.807) is 0 Å². The van der Waals surface area contributed by atoms with E-state index in [9.17, 15) is 4.79 Å². The number of carbonyl (C=O) groups is 1. The Morgan fingerprint density at radius 2 is 1.74 bits per heavy atom. The second-order valence-corrected chi connectivity index (χ2v) is 10.1. The maximum absolute atomic E-state index is 13.7. The molecule has 1 aromatic heterocycles. The van der Waals surface area contributed by atoms with Gasteiger partial charge in [0.2, 0.25) is 0 Å². The zero-order valence-electron chi connectivity index (χ0n) is 19.7. The van der Waals surface area contributed by atoms with Gasteiger partial charge in [-0.3, -0.25) is 14.6 Å². The predicted molar refractivity (Wildman–Crippen MR) is 145 cm³/mol. The summed E-state index contributed by atoms with van der Waals surface area (Å²) in [5, 5.41) is 1.36. The van der Waals surface area contributed by atoms with Crippen molar-refractivity contribution in [2.75, 3.05) is 44.3 Å². The number of rotatable bonds is 7. The zero-order valence-corrected chi connectivity index (χ0v) is 21.3. The summed E-state index contributed by atoms with van der Waals surface area (Å²) in [6, 6.07) is 21.9. The van der Waals surface area contributed by atoms with E-state index in [1.807, 2.05) is 66.4 Å². The molecular weight excluding hydrogens is 478 g/mol. The third kappa shape index (κ3) is 5.41. The second kappa shape index (κ2) is 10.9. The number of thiazole rings is 1. The zero-order chi connectivity index (χ0) is 24.2. The van der Waals surface area contributed by atoms with E-state index < -0.39 is 0 Å².